The van der Waals surface area contributed by atoms with E-state index < -0.39 is 5.41 Å². The van der Waals surface area contributed by atoms with E-state index >= 15 is 0 Å². The Morgan fingerprint density at radius 3 is 2.40 bits per heavy atom. The number of rotatable bonds is 3. The number of amides is 1. The molecule has 2 aliphatic rings. The van der Waals surface area contributed by atoms with Gasteiger partial charge in [-0.15, -0.1) is 0 Å². The van der Waals surface area contributed by atoms with Gasteiger partial charge in [-0.1, -0.05) is 30.3 Å². The normalized spacial score (nSPS) is 22.2. The molecular weight excluding hydrogens is 252 g/mol. The van der Waals surface area contributed by atoms with Crippen molar-refractivity contribution in [2.75, 3.05) is 26.2 Å². The summed E-state index contributed by atoms with van der Waals surface area (Å²) in [5, 5.41) is 2.70. The zero-order valence-electron chi connectivity index (χ0n) is 11.6. The first-order valence-corrected chi connectivity index (χ1v) is 7.29. The molecule has 3 rings (SSSR count). The number of nitrogens with one attached hydrogen (secondary N) is 1. The minimum atomic E-state index is -0.402. The van der Waals surface area contributed by atoms with E-state index in [9.17, 15) is 9.59 Å². The first-order valence-electron chi connectivity index (χ1n) is 7.29. The molecular formula is C16H20N2O2. The molecule has 1 aromatic rings. The molecule has 2 heterocycles. The lowest BCUT2D eigenvalue weighted by Crippen LogP contribution is -2.45. The standard InChI is InChI=1S/C16H20N2O2/c19-14-15(20)17-12-16(14)7-10-18(11-8-16)9-6-13-4-2-1-3-5-13/h1-5H,6-12H2,(H,17,20). The molecule has 0 aromatic heterocycles. The molecule has 1 spiro atoms. The van der Waals surface area contributed by atoms with Crippen molar-refractivity contribution >= 4 is 11.7 Å². The average Bonchev–Trinajstić information content (AvgIpc) is 2.77. The molecule has 0 saturated carbocycles. The minimum Gasteiger partial charge on any atom is -0.348 e. The quantitative estimate of drug-likeness (QED) is 0.836. The molecule has 0 radical (unpaired) electrons. The SMILES string of the molecule is O=C1NCC2(CCN(CCc3ccccc3)CC2)C1=O. The highest BCUT2D eigenvalue weighted by molar-refractivity contribution is 6.40. The molecule has 4 nitrogen and oxygen atoms in total. The second-order valence-corrected chi connectivity index (χ2v) is 5.87. The van der Waals surface area contributed by atoms with Crippen LogP contribution in [0.4, 0.5) is 0 Å². The fourth-order valence-corrected chi connectivity index (χ4v) is 3.19. The largest absolute Gasteiger partial charge is 0.348 e. The van der Waals surface area contributed by atoms with E-state index in [0.717, 1.165) is 38.9 Å². The molecule has 1 aromatic carbocycles. The molecule has 4 heteroatoms. The van der Waals surface area contributed by atoms with Crippen LogP contribution in [0.15, 0.2) is 30.3 Å². The molecule has 0 aliphatic carbocycles. The number of ketones is 1. The Hall–Kier alpha value is -1.68. The van der Waals surface area contributed by atoms with E-state index in [-0.39, 0.29) is 11.7 Å². The van der Waals surface area contributed by atoms with Crippen molar-refractivity contribution in [3.63, 3.8) is 0 Å². The summed E-state index contributed by atoms with van der Waals surface area (Å²) in [6.07, 6.45) is 2.65. The van der Waals surface area contributed by atoms with Gasteiger partial charge >= 0.3 is 0 Å². The Balaban J connectivity index is 1.52. The van der Waals surface area contributed by atoms with Crippen LogP contribution in [-0.2, 0) is 16.0 Å². The van der Waals surface area contributed by atoms with Gasteiger partial charge in [0.2, 0.25) is 5.78 Å². The van der Waals surface area contributed by atoms with Gasteiger partial charge in [-0.05, 0) is 37.9 Å². The van der Waals surface area contributed by atoms with Gasteiger partial charge in [-0.3, -0.25) is 9.59 Å². The van der Waals surface area contributed by atoms with Crippen molar-refractivity contribution in [1.82, 2.24) is 10.2 Å². The zero-order chi connectivity index (χ0) is 14.0. The topological polar surface area (TPSA) is 49.4 Å². The molecule has 20 heavy (non-hydrogen) atoms. The third-order valence-corrected chi connectivity index (χ3v) is 4.65. The summed E-state index contributed by atoms with van der Waals surface area (Å²) < 4.78 is 0. The number of carbonyl (C=O) groups is 2. The lowest BCUT2D eigenvalue weighted by Gasteiger charge is -2.36. The fourth-order valence-electron chi connectivity index (χ4n) is 3.19. The monoisotopic (exact) mass is 272 g/mol. The molecule has 1 N–H and O–H groups in total. The Kier molecular flexibility index (Phi) is 3.57. The molecule has 0 unspecified atom stereocenters. The predicted octanol–water partition coefficient (Wildman–Crippen LogP) is 1.01. The van der Waals surface area contributed by atoms with Crippen molar-refractivity contribution in [3.8, 4) is 0 Å². The van der Waals surface area contributed by atoms with E-state index in [2.05, 4.69) is 34.5 Å². The van der Waals surface area contributed by atoms with Gasteiger partial charge in [0.1, 0.15) is 0 Å². The maximum Gasteiger partial charge on any atom is 0.288 e. The van der Waals surface area contributed by atoms with E-state index in [1.54, 1.807) is 0 Å². The van der Waals surface area contributed by atoms with Crippen LogP contribution < -0.4 is 5.32 Å². The van der Waals surface area contributed by atoms with E-state index in [1.807, 2.05) is 6.07 Å². The van der Waals surface area contributed by atoms with Gasteiger partial charge in [0, 0.05) is 13.1 Å². The first kappa shape index (κ1) is 13.3. The van der Waals surface area contributed by atoms with E-state index in [1.165, 1.54) is 5.56 Å². The van der Waals surface area contributed by atoms with Gasteiger partial charge in [-0.25, -0.2) is 0 Å². The fraction of sp³-hybridized carbons (Fsp3) is 0.500. The van der Waals surface area contributed by atoms with Crippen molar-refractivity contribution in [2.24, 2.45) is 5.41 Å². The van der Waals surface area contributed by atoms with Crippen molar-refractivity contribution in [1.29, 1.82) is 0 Å². The summed E-state index contributed by atoms with van der Waals surface area (Å²) in [6, 6.07) is 10.5. The highest BCUT2D eigenvalue weighted by Gasteiger charge is 2.48. The summed E-state index contributed by atoms with van der Waals surface area (Å²) in [6.45, 7) is 3.38. The maximum absolute atomic E-state index is 11.9. The molecule has 0 bridgehead atoms. The number of likely N-dealkylation sites (tertiary alicyclic amines) is 1. The second-order valence-electron chi connectivity index (χ2n) is 5.87. The molecule has 2 fully saturated rings. The van der Waals surface area contributed by atoms with Crippen LogP contribution in [0.2, 0.25) is 0 Å². The smallest absolute Gasteiger partial charge is 0.288 e. The molecule has 2 aliphatic heterocycles. The van der Waals surface area contributed by atoms with Gasteiger partial charge in [0.25, 0.3) is 5.91 Å². The minimum absolute atomic E-state index is 0.194. The van der Waals surface area contributed by atoms with E-state index in [4.69, 9.17) is 0 Å². The third kappa shape index (κ3) is 2.48. The summed E-state index contributed by atoms with van der Waals surface area (Å²) in [4.78, 5) is 25.7. The first-order chi connectivity index (χ1) is 9.70. The number of Topliss-reactive ketones (excluding diaryl/α,β-unsaturated/α-hetero) is 1. The van der Waals surface area contributed by atoms with Gasteiger partial charge in [-0.2, -0.15) is 0 Å². The van der Waals surface area contributed by atoms with Crippen LogP contribution in [0.3, 0.4) is 0 Å². The van der Waals surface area contributed by atoms with Crippen molar-refractivity contribution in [2.45, 2.75) is 19.3 Å². The lowest BCUT2D eigenvalue weighted by molar-refractivity contribution is -0.140. The van der Waals surface area contributed by atoms with Crippen molar-refractivity contribution < 1.29 is 9.59 Å². The lowest BCUT2D eigenvalue weighted by atomic mass is 9.77. The zero-order valence-corrected chi connectivity index (χ0v) is 11.6. The number of nitrogens with zero attached hydrogens (tertiary/aromatic N) is 1. The third-order valence-electron chi connectivity index (χ3n) is 4.65. The summed E-state index contributed by atoms with van der Waals surface area (Å²) in [5.74, 6) is -0.581. The van der Waals surface area contributed by atoms with E-state index in [0.29, 0.717) is 6.54 Å². The maximum atomic E-state index is 11.9. The van der Waals surface area contributed by atoms with Gasteiger partial charge < -0.3 is 10.2 Å². The number of piperidine rings is 1. The molecule has 2 saturated heterocycles. The Bertz CT molecular complexity index is 504. The van der Waals surface area contributed by atoms with Crippen LogP contribution >= 0.6 is 0 Å². The summed E-state index contributed by atoms with van der Waals surface area (Å²) in [5.41, 5.74) is 0.946. The van der Waals surface area contributed by atoms with Crippen LogP contribution in [0.25, 0.3) is 0 Å². The summed E-state index contributed by atoms with van der Waals surface area (Å²) >= 11 is 0. The van der Waals surface area contributed by atoms with Gasteiger partial charge in [0.15, 0.2) is 0 Å². The van der Waals surface area contributed by atoms with Crippen molar-refractivity contribution in [3.05, 3.63) is 35.9 Å². The van der Waals surface area contributed by atoms with Gasteiger partial charge in [0.05, 0.1) is 5.41 Å². The summed E-state index contributed by atoms with van der Waals surface area (Å²) in [7, 11) is 0. The number of hydrogen-bond donors (Lipinski definition) is 1. The average molecular weight is 272 g/mol. The Morgan fingerprint density at radius 2 is 1.80 bits per heavy atom. The van der Waals surface area contributed by atoms with Crippen LogP contribution in [0.1, 0.15) is 18.4 Å². The number of carbonyl (C=O) groups excluding carboxylic acids is 2. The molecule has 0 atom stereocenters. The van der Waals surface area contributed by atoms with Crippen LogP contribution in [0.5, 0.6) is 0 Å². The Morgan fingerprint density at radius 1 is 1.10 bits per heavy atom. The Labute approximate surface area is 119 Å². The number of hydrogen-bond acceptors (Lipinski definition) is 3. The highest BCUT2D eigenvalue weighted by Crippen LogP contribution is 2.34. The second kappa shape index (κ2) is 5.37. The van der Waals surface area contributed by atoms with Crippen LogP contribution in [0, 0.1) is 5.41 Å². The molecule has 106 valence electrons. The van der Waals surface area contributed by atoms with Crippen LogP contribution in [-0.4, -0.2) is 42.8 Å². The number of benzene rings is 1. The molecule has 1 amide bonds. The predicted molar refractivity (Wildman–Crippen MR) is 76.3 cm³/mol. The highest BCUT2D eigenvalue weighted by atomic mass is 16.2.